The molecule has 15 heavy (non-hydrogen) atoms. The topological polar surface area (TPSA) is 76.1 Å². The van der Waals surface area contributed by atoms with Crippen LogP contribution in [0.15, 0.2) is 11.8 Å². The molecule has 0 aromatic rings. The van der Waals surface area contributed by atoms with Crippen LogP contribution in [0.3, 0.4) is 0 Å². The second-order valence-corrected chi connectivity index (χ2v) is 3.33. The molecule has 82 valence electrons. The number of carbonyl (C=O) groups is 2. The summed E-state index contributed by atoms with van der Waals surface area (Å²) in [7, 11) is -1.65. The predicted octanol–water partition coefficient (Wildman–Crippen LogP) is -0.0155. The van der Waals surface area contributed by atoms with Crippen molar-refractivity contribution in [3.05, 3.63) is 11.8 Å². The van der Waals surface area contributed by atoms with E-state index in [1.807, 2.05) is 0 Å². The molecule has 2 amide bonds. The predicted molar refractivity (Wildman–Crippen MR) is 50.7 cm³/mol. The number of rotatable bonds is 4. The van der Waals surface area contributed by atoms with Gasteiger partial charge in [0, 0.05) is 12.8 Å². The molecule has 6 nitrogen and oxygen atoms in total. The molecule has 0 radical (unpaired) electrons. The second-order valence-electron chi connectivity index (χ2n) is 3.33. The van der Waals surface area contributed by atoms with E-state index < -0.39 is 19.1 Å². The van der Waals surface area contributed by atoms with Crippen LogP contribution in [0.2, 0.25) is 0 Å². The van der Waals surface area contributed by atoms with Crippen LogP contribution in [0.25, 0.3) is 0 Å². The number of imide groups is 1. The van der Waals surface area contributed by atoms with Gasteiger partial charge in [0.1, 0.15) is 0 Å². The lowest BCUT2D eigenvalue weighted by Gasteiger charge is -2.14. The van der Waals surface area contributed by atoms with E-state index >= 15 is 0 Å². The number of carbonyl (C=O) groups excluding carboxylic acids is 2. The third-order valence-electron chi connectivity index (χ3n) is 1.62. The Morgan fingerprint density at radius 2 is 1.93 bits per heavy atom. The molecule has 0 unspecified atom stereocenters. The first-order chi connectivity index (χ1) is 7.00. The minimum Gasteiger partial charge on any atom is -0.517 e. The highest BCUT2D eigenvalue weighted by atomic mass is 16.8. The van der Waals surface area contributed by atoms with Crippen LogP contribution in [0.5, 0.6) is 0 Å². The molecule has 1 aliphatic heterocycles. The molecule has 0 aromatic carbocycles. The van der Waals surface area contributed by atoms with Gasteiger partial charge >= 0.3 is 7.32 Å². The Balaban J connectivity index is 2.43. The third kappa shape index (κ3) is 3.37. The van der Waals surface area contributed by atoms with Crippen molar-refractivity contribution in [2.45, 2.75) is 26.7 Å². The first-order valence-corrected chi connectivity index (χ1v) is 4.50. The first-order valence-electron chi connectivity index (χ1n) is 4.50. The van der Waals surface area contributed by atoms with E-state index in [0.29, 0.717) is 5.06 Å². The SMILES string of the molecule is CC(C)=COB(O)ON1C(=O)CCC1=O. The Bertz CT molecular complexity index is 283. The maximum Gasteiger partial charge on any atom is 0.733 e. The standard InChI is InChI=1S/C8H12BNO5/c1-6(2)5-14-9(13)15-10-7(11)3-4-8(10)12/h5,13H,3-4H2,1-2H3. The van der Waals surface area contributed by atoms with Crippen molar-refractivity contribution >= 4 is 19.1 Å². The monoisotopic (exact) mass is 213 g/mol. The van der Waals surface area contributed by atoms with Gasteiger partial charge in [0.25, 0.3) is 11.8 Å². The summed E-state index contributed by atoms with van der Waals surface area (Å²) in [5, 5.41) is 9.69. The lowest BCUT2D eigenvalue weighted by Crippen LogP contribution is -2.37. The maximum atomic E-state index is 11.1. The number of hydrogen-bond donors (Lipinski definition) is 1. The molecule has 0 aromatic heterocycles. The Labute approximate surface area is 87.6 Å². The summed E-state index contributed by atoms with van der Waals surface area (Å²) in [4.78, 5) is 22.1. The summed E-state index contributed by atoms with van der Waals surface area (Å²) in [6.45, 7) is 3.53. The molecule has 0 saturated carbocycles. The van der Waals surface area contributed by atoms with E-state index in [-0.39, 0.29) is 12.8 Å². The quantitative estimate of drug-likeness (QED) is 0.403. The molecule has 1 rings (SSSR count). The lowest BCUT2D eigenvalue weighted by atomic mass is 10.2. The summed E-state index contributed by atoms with van der Waals surface area (Å²) in [6, 6.07) is 0. The van der Waals surface area contributed by atoms with E-state index in [1.165, 1.54) is 6.26 Å². The highest BCUT2D eigenvalue weighted by Gasteiger charge is 2.35. The van der Waals surface area contributed by atoms with Crippen LogP contribution in [-0.2, 0) is 19.0 Å². The molecule has 0 bridgehead atoms. The van der Waals surface area contributed by atoms with Crippen molar-refractivity contribution in [3.8, 4) is 0 Å². The van der Waals surface area contributed by atoms with Crippen LogP contribution >= 0.6 is 0 Å². The van der Waals surface area contributed by atoms with Gasteiger partial charge in [-0.2, -0.15) is 5.06 Å². The van der Waals surface area contributed by atoms with Crippen molar-refractivity contribution < 1.29 is 24.0 Å². The van der Waals surface area contributed by atoms with E-state index in [9.17, 15) is 9.59 Å². The van der Waals surface area contributed by atoms with Gasteiger partial charge in [-0.1, -0.05) is 0 Å². The number of amides is 2. The number of allylic oxidation sites excluding steroid dienone is 1. The summed E-state index contributed by atoms with van der Waals surface area (Å²) in [6.07, 6.45) is 1.48. The van der Waals surface area contributed by atoms with E-state index in [4.69, 9.17) is 5.02 Å². The smallest absolute Gasteiger partial charge is 0.517 e. The van der Waals surface area contributed by atoms with Crippen molar-refractivity contribution in [2.24, 2.45) is 0 Å². The summed E-state index contributed by atoms with van der Waals surface area (Å²) in [5.41, 5.74) is 0.816. The van der Waals surface area contributed by atoms with Crippen LogP contribution in [0.1, 0.15) is 26.7 Å². The van der Waals surface area contributed by atoms with Gasteiger partial charge in [0.15, 0.2) is 0 Å². The average Bonchev–Trinajstić information content (AvgIpc) is 2.46. The van der Waals surface area contributed by atoms with Crippen molar-refractivity contribution in [3.63, 3.8) is 0 Å². The molecular formula is C8H12BNO5. The average molecular weight is 213 g/mol. The molecule has 1 heterocycles. The van der Waals surface area contributed by atoms with Gasteiger partial charge in [0.2, 0.25) is 0 Å². The van der Waals surface area contributed by atoms with Gasteiger partial charge < -0.3 is 9.68 Å². The molecule has 1 aliphatic rings. The number of nitrogens with zero attached hydrogens (tertiary/aromatic N) is 1. The van der Waals surface area contributed by atoms with Gasteiger partial charge in [-0.25, -0.2) is 4.76 Å². The van der Waals surface area contributed by atoms with Crippen molar-refractivity contribution in [1.29, 1.82) is 0 Å². The minimum absolute atomic E-state index is 0.105. The summed E-state index contributed by atoms with van der Waals surface area (Å²) in [5.74, 6) is -0.945. The minimum atomic E-state index is -1.65. The lowest BCUT2D eigenvalue weighted by molar-refractivity contribution is -0.170. The van der Waals surface area contributed by atoms with Gasteiger partial charge in [-0.3, -0.25) is 9.59 Å². The Hall–Kier alpha value is -1.34. The Morgan fingerprint density at radius 3 is 2.40 bits per heavy atom. The Kier molecular flexibility index (Phi) is 3.87. The largest absolute Gasteiger partial charge is 0.733 e. The van der Waals surface area contributed by atoms with Gasteiger partial charge in [-0.15, -0.1) is 0 Å². The normalized spacial score (nSPS) is 15.5. The molecule has 1 fully saturated rings. The van der Waals surface area contributed by atoms with Crippen LogP contribution in [0, 0.1) is 0 Å². The fraction of sp³-hybridized carbons (Fsp3) is 0.500. The Morgan fingerprint density at radius 1 is 1.40 bits per heavy atom. The van der Waals surface area contributed by atoms with Gasteiger partial charge in [-0.05, 0) is 19.4 Å². The van der Waals surface area contributed by atoms with Crippen molar-refractivity contribution in [1.82, 2.24) is 5.06 Å². The molecule has 0 aliphatic carbocycles. The van der Waals surface area contributed by atoms with Crippen LogP contribution in [-0.4, -0.2) is 29.2 Å². The van der Waals surface area contributed by atoms with Crippen LogP contribution in [0.4, 0.5) is 0 Å². The molecule has 0 atom stereocenters. The number of hydrogen-bond acceptors (Lipinski definition) is 5. The molecule has 0 spiro atoms. The molecule has 1 saturated heterocycles. The fourth-order valence-corrected chi connectivity index (χ4v) is 0.983. The zero-order valence-electron chi connectivity index (χ0n) is 8.60. The highest BCUT2D eigenvalue weighted by Crippen LogP contribution is 2.12. The maximum absolute atomic E-state index is 11.1. The second kappa shape index (κ2) is 4.95. The highest BCUT2D eigenvalue weighted by molar-refractivity contribution is 6.35. The van der Waals surface area contributed by atoms with Crippen LogP contribution < -0.4 is 0 Å². The summed E-state index contributed by atoms with van der Waals surface area (Å²) >= 11 is 0. The zero-order valence-corrected chi connectivity index (χ0v) is 8.60. The first kappa shape index (κ1) is 11.7. The number of hydroxylamine groups is 2. The molecule has 1 N–H and O–H groups in total. The van der Waals surface area contributed by atoms with E-state index in [0.717, 1.165) is 5.57 Å². The molecular weight excluding hydrogens is 201 g/mol. The molecule has 7 heteroatoms. The zero-order chi connectivity index (χ0) is 11.4. The fourth-order valence-electron chi connectivity index (χ4n) is 0.983. The van der Waals surface area contributed by atoms with Gasteiger partial charge in [0.05, 0.1) is 6.26 Å². The van der Waals surface area contributed by atoms with E-state index in [1.54, 1.807) is 13.8 Å². The van der Waals surface area contributed by atoms with Crippen molar-refractivity contribution in [2.75, 3.05) is 0 Å². The third-order valence-corrected chi connectivity index (χ3v) is 1.62. The summed E-state index contributed by atoms with van der Waals surface area (Å²) < 4.78 is 9.30. The van der Waals surface area contributed by atoms with E-state index in [2.05, 4.69) is 9.41 Å².